The van der Waals surface area contributed by atoms with E-state index in [2.05, 4.69) is 5.43 Å². The first kappa shape index (κ1) is 7.30. The second-order valence-electron chi connectivity index (χ2n) is 1.75. The van der Waals surface area contributed by atoms with E-state index in [0.717, 1.165) is 0 Å². The summed E-state index contributed by atoms with van der Waals surface area (Å²) in [5, 5.41) is 1.79. The number of nitrogens with one attached hydrogen (secondary N) is 1. The van der Waals surface area contributed by atoms with Crippen LogP contribution in [0.4, 0.5) is 0 Å². The number of hydrogen-bond donors (Lipinski definition) is 2. The Bertz CT molecular complexity index is 85.7. The van der Waals surface area contributed by atoms with Crippen LogP contribution in [-0.4, -0.2) is 19.1 Å². The fourth-order valence-corrected chi connectivity index (χ4v) is 0.323. The lowest BCUT2D eigenvalue weighted by Gasteiger charge is -2.11. The van der Waals surface area contributed by atoms with Crippen molar-refractivity contribution < 1.29 is 0 Å². The Balaban J connectivity index is 3.39. The number of nitrogens with two attached hydrogens (primary N) is 1. The maximum atomic E-state index is 5.38. The Hall–Kier alpha value is -0.700. The normalized spacial score (nSPS) is 12.2. The van der Waals surface area contributed by atoms with Crippen molar-refractivity contribution in [2.24, 2.45) is 5.73 Å². The minimum atomic E-state index is 0.676. The SMILES string of the molecule is C/C=C(/N)NN(C)C. The lowest BCUT2D eigenvalue weighted by Crippen LogP contribution is -2.32. The molecular weight excluding hydrogens is 102 g/mol. The van der Waals surface area contributed by atoms with Gasteiger partial charge in [-0.2, -0.15) is 0 Å². The molecule has 8 heavy (non-hydrogen) atoms. The lowest BCUT2D eigenvalue weighted by molar-refractivity contribution is 0.325. The third kappa shape index (κ3) is 3.49. The van der Waals surface area contributed by atoms with E-state index >= 15 is 0 Å². The number of rotatable bonds is 2. The van der Waals surface area contributed by atoms with E-state index in [1.165, 1.54) is 0 Å². The number of nitrogens with zero attached hydrogens (tertiary/aromatic N) is 1. The van der Waals surface area contributed by atoms with Gasteiger partial charge in [-0.25, -0.2) is 5.01 Å². The van der Waals surface area contributed by atoms with Gasteiger partial charge < -0.3 is 11.2 Å². The van der Waals surface area contributed by atoms with E-state index in [1.807, 2.05) is 21.0 Å². The molecule has 0 heterocycles. The second kappa shape index (κ2) is 3.32. The minimum Gasteiger partial charge on any atom is -0.385 e. The maximum absolute atomic E-state index is 5.38. The van der Waals surface area contributed by atoms with E-state index in [0.29, 0.717) is 5.82 Å². The molecule has 0 aliphatic rings. The van der Waals surface area contributed by atoms with Crippen LogP contribution in [0.2, 0.25) is 0 Å². The summed E-state index contributed by atoms with van der Waals surface area (Å²) in [4.78, 5) is 0. The average molecular weight is 115 g/mol. The van der Waals surface area contributed by atoms with E-state index in [9.17, 15) is 0 Å². The van der Waals surface area contributed by atoms with Crippen molar-refractivity contribution in [1.29, 1.82) is 0 Å². The van der Waals surface area contributed by atoms with Gasteiger partial charge in [0.05, 0.1) is 0 Å². The van der Waals surface area contributed by atoms with Crippen molar-refractivity contribution in [3.8, 4) is 0 Å². The van der Waals surface area contributed by atoms with Crippen molar-refractivity contribution in [3.05, 3.63) is 11.9 Å². The van der Waals surface area contributed by atoms with Gasteiger partial charge in [-0.15, -0.1) is 0 Å². The first-order valence-corrected chi connectivity index (χ1v) is 2.52. The molecule has 0 aliphatic heterocycles. The van der Waals surface area contributed by atoms with Gasteiger partial charge >= 0.3 is 0 Å². The highest BCUT2D eigenvalue weighted by Crippen LogP contribution is 1.74. The molecule has 0 spiro atoms. The number of allylic oxidation sites excluding steroid dienone is 1. The van der Waals surface area contributed by atoms with Crippen molar-refractivity contribution in [2.45, 2.75) is 6.92 Å². The largest absolute Gasteiger partial charge is 0.385 e. The molecule has 0 aromatic carbocycles. The van der Waals surface area contributed by atoms with E-state index in [4.69, 9.17) is 5.73 Å². The summed E-state index contributed by atoms with van der Waals surface area (Å²) in [6.07, 6.45) is 1.81. The van der Waals surface area contributed by atoms with E-state index < -0.39 is 0 Å². The van der Waals surface area contributed by atoms with Gasteiger partial charge in [0, 0.05) is 14.1 Å². The fourth-order valence-electron chi connectivity index (χ4n) is 0.323. The summed E-state index contributed by atoms with van der Waals surface area (Å²) >= 11 is 0. The zero-order valence-electron chi connectivity index (χ0n) is 5.60. The molecule has 0 bridgehead atoms. The van der Waals surface area contributed by atoms with Crippen LogP contribution in [0.3, 0.4) is 0 Å². The average Bonchev–Trinajstić information content (AvgIpc) is 1.65. The van der Waals surface area contributed by atoms with Crippen molar-refractivity contribution in [1.82, 2.24) is 10.4 Å². The van der Waals surface area contributed by atoms with Gasteiger partial charge in [-0.1, -0.05) is 0 Å². The van der Waals surface area contributed by atoms with Crippen LogP contribution >= 0.6 is 0 Å². The van der Waals surface area contributed by atoms with Crippen LogP contribution in [0, 0.1) is 0 Å². The molecule has 0 aromatic rings. The van der Waals surface area contributed by atoms with Gasteiger partial charge in [0.1, 0.15) is 5.82 Å². The van der Waals surface area contributed by atoms with Crippen LogP contribution in [0.1, 0.15) is 6.92 Å². The smallest absolute Gasteiger partial charge is 0.106 e. The lowest BCUT2D eigenvalue weighted by atomic mass is 10.6. The zero-order chi connectivity index (χ0) is 6.57. The summed E-state index contributed by atoms with van der Waals surface area (Å²) in [6, 6.07) is 0. The molecule has 0 radical (unpaired) electrons. The summed E-state index contributed by atoms with van der Waals surface area (Å²) in [5.41, 5.74) is 8.25. The Morgan fingerprint density at radius 2 is 2.12 bits per heavy atom. The minimum absolute atomic E-state index is 0.676. The van der Waals surface area contributed by atoms with Crippen LogP contribution < -0.4 is 11.2 Å². The van der Waals surface area contributed by atoms with Crippen LogP contribution in [0.15, 0.2) is 11.9 Å². The monoisotopic (exact) mass is 115 g/mol. The fraction of sp³-hybridized carbons (Fsp3) is 0.600. The molecular formula is C5H13N3. The highest BCUT2D eigenvalue weighted by Gasteiger charge is 1.84. The Morgan fingerprint density at radius 1 is 1.62 bits per heavy atom. The van der Waals surface area contributed by atoms with E-state index in [1.54, 1.807) is 11.1 Å². The van der Waals surface area contributed by atoms with Crippen molar-refractivity contribution >= 4 is 0 Å². The van der Waals surface area contributed by atoms with Gasteiger partial charge in [0.15, 0.2) is 0 Å². The van der Waals surface area contributed by atoms with Gasteiger partial charge in [-0.05, 0) is 13.0 Å². The molecule has 3 heteroatoms. The standard InChI is InChI=1S/C5H13N3/c1-4-5(6)7-8(2)3/h4,7H,6H2,1-3H3/b5-4-. The number of hydrazine groups is 1. The third-order valence-corrected chi connectivity index (χ3v) is 0.664. The highest BCUT2D eigenvalue weighted by atomic mass is 15.5. The summed E-state index contributed by atoms with van der Waals surface area (Å²) < 4.78 is 0. The summed E-state index contributed by atoms with van der Waals surface area (Å²) in [6.45, 7) is 1.88. The summed E-state index contributed by atoms with van der Waals surface area (Å²) in [5.74, 6) is 0.676. The van der Waals surface area contributed by atoms with Crippen LogP contribution in [0.25, 0.3) is 0 Å². The quantitative estimate of drug-likeness (QED) is 0.493. The molecule has 3 nitrogen and oxygen atoms in total. The number of hydrogen-bond acceptors (Lipinski definition) is 3. The Labute approximate surface area is 50.1 Å². The molecule has 48 valence electrons. The molecule has 0 saturated carbocycles. The van der Waals surface area contributed by atoms with Crippen molar-refractivity contribution in [2.75, 3.05) is 14.1 Å². The zero-order valence-corrected chi connectivity index (χ0v) is 5.60. The molecule has 0 aromatic heterocycles. The van der Waals surface area contributed by atoms with Gasteiger partial charge in [0.25, 0.3) is 0 Å². The molecule has 0 aliphatic carbocycles. The molecule has 0 saturated heterocycles. The van der Waals surface area contributed by atoms with Gasteiger partial charge in [-0.3, -0.25) is 0 Å². The predicted molar refractivity (Wildman–Crippen MR) is 34.8 cm³/mol. The van der Waals surface area contributed by atoms with Crippen LogP contribution in [-0.2, 0) is 0 Å². The third-order valence-electron chi connectivity index (χ3n) is 0.664. The van der Waals surface area contributed by atoms with Crippen LogP contribution in [0.5, 0.6) is 0 Å². The molecule has 0 rings (SSSR count). The van der Waals surface area contributed by atoms with Gasteiger partial charge in [0.2, 0.25) is 0 Å². The Kier molecular flexibility index (Phi) is 3.03. The first-order valence-electron chi connectivity index (χ1n) is 2.52. The molecule has 0 unspecified atom stereocenters. The first-order chi connectivity index (χ1) is 3.66. The second-order valence-corrected chi connectivity index (χ2v) is 1.75. The molecule has 0 fully saturated rings. The Morgan fingerprint density at radius 3 is 2.25 bits per heavy atom. The molecule has 0 amide bonds. The topological polar surface area (TPSA) is 41.3 Å². The highest BCUT2D eigenvalue weighted by molar-refractivity contribution is 4.88. The summed E-state index contributed by atoms with van der Waals surface area (Å²) in [7, 11) is 3.77. The maximum Gasteiger partial charge on any atom is 0.106 e. The predicted octanol–water partition coefficient (Wildman–Crippen LogP) is -0.127. The molecule has 0 atom stereocenters. The van der Waals surface area contributed by atoms with E-state index in [-0.39, 0.29) is 0 Å². The molecule has 3 N–H and O–H groups in total. The van der Waals surface area contributed by atoms with Crippen molar-refractivity contribution in [3.63, 3.8) is 0 Å².